The van der Waals surface area contributed by atoms with E-state index in [0.717, 1.165) is 17.7 Å². The fraction of sp³-hybridized carbons (Fsp3) is 0.611. The quantitative estimate of drug-likeness (QED) is 0.897. The first kappa shape index (κ1) is 17.6. The molecule has 0 aromatic heterocycles. The Bertz CT molecular complexity index is 539. The Kier molecular flexibility index (Phi) is 5.52. The van der Waals surface area contributed by atoms with E-state index in [4.69, 9.17) is 4.74 Å². The predicted molar refractivity (Wildman–Crippen MR) is 91.4 cm³/mol. The van der Waals surface area contributed by atoms with Crippen molar-refractivity contribution in [2.24, 2.45) is 5.92 Å². The van der Waals surface area contributed by atoms with Crippen LogP contribution in [0, 0.1) is 5.92 Å². The molecule has 1 saturated heterocycles. The molecule has 1 aliphatic rings. The Morgan fingerprint density at radius 1 is 1.39 bits per heavy atom. The van der Waals surface area contributed by atoms with E-state index in [-0.39, 0.29) is 18.7 Å². The van der Waals surface area contributed by atoms with Crippen molar-refractivity contribution in [3.63, 3.8) is 0 Å². The number of carbonyl (C=O) groups is 1. The van der Waals surface area contributed by atoms with E-state index in [1.54, 1.807) is 4.90 Å². The van der Waals surface area contributed by atoms with E-state index < -0.39 is 5.60 Å². The lowest BCUT2D eigenvalue weighted by Crippen LogP contribution is -2.49. The van der Waals surface area contributed by atoms with Crippen molar-refractivity contribution in [3.05, 3.63) is 29.8 Å². The summed E-state index contributed by atoms with van der Waals surface area (Å²) in [6.07, 6.45) is 0.624. The molecule has 5 heteroatoms. The molecule has 128 valence electrons. The maximum atomic E-state index is 12.2. The van der Waals surface area contributed by atoms with Gasteiger partial charge in [-0.3, -0.25) is 0 Å². The van der Waals surface area contributed by atoms with E-state index in [0.29, 0.717) is 19.0 Å². The van der Waals surface area contributed by atoms with Crippen LogP contribution in [0.25, 0.3) is 0 Å². The number of benzene rings is 1. The highest BCUT2D eigenvalue weighted by molar-refractivity contribution is 5.68. The normalized spacial score (nSPS) is 21.9. The largest absolute Gasteiger partial charge is 0.444 e. The number of aliphatic hydroxyl groups is 1. The molecule has 0 aliphatic carbocycles. The van der Waals surface area contributed by atoms with Crippen LogP contribution >= 0.6 is 0 Å². The van der Waals surface area contributed by atoms with Gasteiger partial charge < -0.3 is 20.1 Å². The monoisotopic (exact) mass is 320 g/mol. The molecule has 1 aromatic carbocycles. The molecule has 1 amide bonds. The van der Waals surface area contributed by atoms with Gasteiger partial charge in [0.1, 0.15) is 5.60 Å². The van der Waals surface area contributed by atoms with E-state index in [9.17, 15) is 9.90 Å². The summed E-state index contributed by atoms with van der Waals surface area (Å²) in [5, 5.41) is 12.9. The standard InChI is InChI=1S/C18H28N2O3/c1-13-11-20(17(22)23-18(2,3)4)10-9-15(13)19-16-8-6-5-7-14(16)12-21/h5-8,13,15,19,21H,9-12H2,1-4H3. The minimum atomic E-state index is -0.463. The maximum absolute atomic E-state index is 12.2. The molecule has 23 heavy (non-hydrogen) atoms. The third kappa shape index (κ3) is 4.86. The van der Waals surface area contributed by atoms with Crippen molar-refractivity contribution in [1.29, 1.82) is 0 Å². The van der Waals surface area contributed by atoms with Gasteiger partial charge in [-0.1, -0.05) is 25.1 Å². The number of nitrogens with one attached hydrogen (secondary N) is 1. The summed E-state index contributed by atoms with van der Waals surface area (Å²) in [4.78, 5) is 14.0. The second-order valence-electron chi connectivity index (χ2n) is 7.26. The van der Waals surface area contributed by atoms with Crippen LogP contribution in [-0.4, -0.2) is 40.8 Å². The van der Waals surface area contributed by atoms with Crippen molar-refractivity contribution in [2.45, 2.75) is 52.4 Å². The second-order valence-corrected chi connectivity index (χ2v) is 7.26. The number of hydrogen-bond donors (Lipinski definition) is 2. The number of ether oxygens (including phenoxy) is 1. The number of carbonyl (C=O) groups excluding carboxylic acids is 1. The number of piperidine rings is 1. The van der Waals surface area contributed by atoms with Crippen molar-refractivity contribution < 1.29 is 14.6 Å². The Morgan fingerprint density at radius 2 is 2.09 bits per heavy atom. The molecule has 1 fully saturated rings. The molecule has 2 unspecified atom stereocenters. The number of aliphatic hydroxyl groups excluding tert-OH is 1. The van der Waals surface area contributed by atoms with E-state index in [1.165, 1.54) is 0 Å². The van der Waals surface area contributed by atoms with Crippen LogP contribution in [0.15, 0.2) is 24.3 Å². The number of para-hydroxylation sites is 1. The topological polar surface area (TPSA) is 61.8 Å². The number of rotatable bonds is 3. The minimum Gasteiger partial charge on any atom is -0.444 e. The second kappa shape index (κ2) is 7.21. The molecule has 0 spiro atoms. The molecular weight excluding hydrogens is 292 g/mol. The van der Waals surface area contributed by atoms with Crippen LogP contribution in [0.1, 0.15) is 39.7 Å². The number of amides is 1. The lowest BCUT2D eigenvalue weighted by molar-refractivity contribution is 0.0165. The van der Waals surface area contributed by atoms with Crippen LogP contribution in [0.3, 0.4) is 0 Å². The molecule has 0 bridgehead atoms. The Labute approximate surface area is 138 Å². The van der Waals surface area contributed by atoms with Gasteiger partial charge in [0.2, 0.25) is 0 Å². The summed E-state index contributed by atoms with van der Waals surface area (Å²) in [6.45, 7) is 9.16. The average Bonchev–Trinajstić information content (AvgIpc) is 2.48. The Balaban J connectivity index is 1.95. The lowest BCUT2D eigenvalue weighted by Gasteiger charge is -2.38. The molecule has 2 atom stereocenters. The van der Waals surface area contributed by atoms with Crippen LogP contribution in [0.5, 0.6) is 0 Å². The highest BCUT2D eigenvalue weighted by Crippen LogP contribution is 2.24. The van der Waals surface area contributed by atoms with E-state index in [1.807, 2.05) is 45.0 Å². The third-order valence-corrected chi connectivity index (χ3v) is 4.09. The van der Waals surface area contributed by atoms with Gasteiger partial charge in [-0.2, -0.15) is 0 Å². The third-order valence-electron chi connectivity index (χ3n) is 4.09. The van der Waals surface area contributed by atoms with Gasteiger partial charge in [-0.05, 0) is 39.2 Å². The van der Waals surface area contributed by atoms with Crippen LogP contribution in [-0.2, 0) is 11.3 Å². The van der Waals surface area contributed by atoms with Gasteiger partial charge in [0.05, 0.1) is 6.61 Å². The van der Waals surface area contributed by atoms with Crippen LogP contribution < -0.4 is 5.32 Å². The molecular formula is C18H28N2O3. The smallest absolute Gasteiger partial charge is 0.410 e. The van der Waals surface area contributed by atoms with Gasteiger partial charge in [0.25, 0.3) is 0 Å². The molecule has 0 radical (unpaired) electrons. The molecule has 2 rings (SSSR count). The van der Waals surface area contributed by atoms with Crippen molar-refractivity contribution in [3.8, 4) is 0 Å². The number of nitrogens with zero attached hydrogens (tertiary/aromatic N) is 1. The van der Waals surface area contributed by atoms with Gasteiger partial charge in [0, 0.05) is 30.4 Å². The highest BCUT2D eigenvalue weighted by Gasteiger charge is 2.31. The molecule has 1 heterocycles. The van der Waals surface area contributed by atoms with Crippen molar-refractivity contribution in [1.82, 2.24) is 4.90 Å². The summed E-state index contributed by atoms with van der Waals surface area (Å²) in [5.41, 5.74) is 1.40. The van der Waals surface area contributed by atoms with Crippen LogP contribution in [0.4, 0.5) is 10.5 Å². The lowest BCUT2D eigenvalue weighted by atomic mass is 9.93. The first-order valence-electron chi connectivity index (χ1n) is 8.23. The van der Waals surface area contributed by atoms with Gasteiger partial charge in [-0.25, -0.2) is 4.79 Å². The highest BCUT2D eigenvalue weighted by atomic mass is 16.6. The maximum Gasteiger partial charge on any atom is 0.410 e. The molecule has 1 aromatic rings. The van der Waals surface area contributed by atoms with Crippen LogP contribution in [0.2, 0.25) is 0 Å². The zero-order valence-corrected chi connectivity index (χ0v) is 14.5. The van der Waals surface area contributed by atoms with Gasteiger partial charge in [-0.15, -0.1) is 0 Å². The molecule has 5 nitrogen and oxygen atoms in total. The van der Waals surface area contributed by atoms with E-state index >= 15 is 0 Å². The van der Waals surface area contributed by atoms with Crippen molar-refractivity contribution in [2.75, 3.05) is 18.4 Å². The number of likely N-dealkylation sites (tertiary alicyclic amines) is 1. The summed E-state index contributed by atoms with van der Waals surface area (Å²) in [6, 6.07) is 8.07. The first-order chi connectivity index (χ1) is 10.8. The average molecular weight is 320 g/mol. The summed E-state index contributed by atoms with van der Waals surface area (Å²) in [5.74, 6) is 0.308. The minimum absolute atomic E-state index is 0.0221. The fourth-order valence-corrected chi connectivity index (χ4v) is 2.85. The SMILES string of the molecule is CC1CN(C(=O)OC(C)(C)C)CCC1Nc1ccccc1CO. The zero-order chi connectivity index (χ0) is 17.0. The number of hydrogen-bond acceptors (Lipinski definition) is 4. The summed E-state index contributed by atoms with van der Waals surface area (Å²) in [7, 11) is 0. The predicted octanol–water partition coefficient (Wildman–Crippen LogP) is 3.24. The molecule has 0 saturated carbocycles. The molecule has 2 N–H and O–H groups in total. The zero-order valence-electron chi connectivity index (χ0n) is 14.5. The Morgan fingerprint density at radius 3 is 2.70 bits per heavy atom. The van der Waals surface area contributed by atoms with Gasteiger partial charge in [0.15, 0.2) is 0 Å². The number of anilines is 1. The Hall–Kier alpha value is -1.75. The summed E-state index contributed by atoms with van der Waals surface area (Å²) < 4.78 is 5.45. The fourth-order valence-electron chi connectivity index (χ4n) is 2.85. The molecule has 1 aliphatic heterocycles. The van der Waals surface area contributed by atoms with Gasteiger partial charge >= 0.3 is 6.09 Å². The first-order valence-corrected chi connectivity index (χ1v) is 8.23. The van der Waals surface area contributed by atoms with Crippen molar-refractivity contribution >= 4 is 11.8 Å². The summed E-state index contributed by atoms with van der Waals surface area (Å²) >= 11 is 0. The van der Waals surface area contributed by atoms with E-state index in [2.05, 4.69) is 12.2 Å².